The highest BCUT2D eigenvalue weighted by Gasteiger charge is 2.12. The van der Waals surface area contributed by atoms with E-state index in [9.17, 15) is 0 Å². The molecular weight excluding hydrogens is 332 g/mol. The van der Waals surface area contributed by atoms with E-state index in [2.05, 4.69) is 29.9 Å². The highest BCUT2D eigenvalue weighted by molar-refractivity contribution is 5.56. The number of ether oxygens (including phenoxy) is 2. The maximum atomic E-state index is 5.77. The molecule has 4 aromatic rings. The number of rotatable bonds is 0. The lowest BCUT2D eigenvalue weighted by Gasteiger charge is -2.10. The molecule has 8 heteroatoms. The zero-order valence-electron chi connectivity index (χ0n) is 13.3. The summed E-state index contributed by atoms with van der Waals surface area (Å²) in [5.74, 6) is 2.12. The summed E-state index contributed by atoms with van der Waals surface area (Å²) in [6, 6.07) is 14.1. The summed E-state index contributed by atoms with van der Waals surface area (Å²) in [5.41, 5.74) is 1.31. The third-order valence-electron chi connectivity index (χ3n) is 3.59. The van der Waals surface area contributed by atoms with E-state index in [4.69, 9.17) is 9.47 Å². The highest BCUT2D eigenvalue weighted by Crippen LogP contribution is 2.26. The summed E-state index contributed by atoms with van der Waals surface area (Å²) in [7, 11) is 0. The zero-order valence-corrected chi connectivity index (χ0v) is 13.3. The van der Waals surface area contributed by atoms with Crippen molar-refractivity contribution in [3.8, 4) is 46.6 Å². The minimum Gasteiger partial charge on any atom is -0.421 e. The first kappa shape index (κ1) is 14.4. The first-order chi connectivity index (χ1) is 12.8. The average molecular weight is 342 g/mol. The summed E-state index contributed by atoms with van der Waals surface area (Å²) in [5, 5.41) is 0. The molecule has 0 unspecified atom stereocenters. The van der Waals surface area contributed by atoms with Crippen LogP contribution in [-0.2, 0) is 0 Å². The van der Waals surface area contributed by atoms with Crippen LogP contribution >= 0.6 is 0 Å². The van der Waals surface area contributed by atoms with Gasteiger partial charge in [0.15, 0.2) is 0 Å². The topological polar surface area (TPSA) is 95.8 Å². The van der Waals surface area contributed by atoms with Crippen LogP contribution in [0.1, 0.15) is 0 Å². The van der Waals surface area contributed by atoms with Crippen LogP contribution < -0.4 is 9.47 Å². The van der Waals surface area contributed by atoms with Crippen LogP contribution in [-0.4, -0.2) is 29.9 Å². The van der Waals surface area contributed by atoms with Crippen molar-refractivity contribution in [1.82, 2.24) is 29.9 Å². The van der Waals surface area contributed by atoms with Crippen LogP contribution in [0.5, 0.6) is 23.5 Å². The molecule has 0 atom stereocenters. The molecule has 8 bridgehead atoms. The Morgan fingerprint density at radius 2 is 0.962 bits per heavy atom. The molecule has 1 aliphatic rings. The molecule has 0 saturated carbocycles. The second-order valence-corrected chi connectivity index (χ2v) is 5.36. The number of pyridine rings is 2. The van der Waals surface area contributed by atoms with Gasteiger partial charge in [-0.1, -0.05) is 12.1 Å². The SMILES string of the molecule is c1cc2nc(c1)-c1cccc(n1)Oc1ccnc(n1)-c1nccc(n1)O2. The van der Waals surface area contributed by atoms with Gasteiger partial charge in [-0.25, -0.2) is 19.9 Å². The predicted molar refractivity (Wildman–Crippen MR) is 90.7 cm³/mol. The summed E-state index contributed by atoms with van der Waals surface area (Å²) in [6.07, 6.45) is 3.16. The summed E-state index contributed by atoms with van der Waals surface area (Å²) >= 11 is 0. The number of aromatic nitrogens is 6. The van der Waals surface area contributed by atoms with Gasteiger partial charge in [0.1, 0.15) is 0 Å². The molecule has 5 rings (SSSR count). The fourth-order valence-corrected chi connectivity index (χ4v) is 2.46. The Balaban J connectivity index is 1.73. The fraction of sp³-hybridized carbons (Fsp3) is 0. The first-order valence-electron chi connectivity index (χ1n) is 7.80. The van der Waals surface area contributed by atoms with E-state index in [1.165, 1.54) is 0 Å². The van der Waals surface area contributed by atoms with Gasteiger partial charge in [0, 0.05) is 36.7 Å². The Morgan fingerprint density at radius 3 is 1.46 bits per heavy atom. The molecule has 0 amide bonds. The number of fused-ring (bicyclic) bond motifs is 10. The number of hydrogen-bond acceptors (Lipinski definition) is 8. The van der Waals surface area contributed by atoms with Crippen molar-refractivity contribution in [3.05, 3.63) is 60.9 Å². The van der Waals surface area contributed by atoms with E-state index in [-0.39, 0.29) is 0 Å². The van der Waals surface area contributed by atoms with Crippen LogP contribution in [0, 0.1) is 0 Å². The van der Waals surface area contributed by atoms with Gasteiger partial charge in [0.05, 0.1) is 11.4 Å². The second-order valence-electron chi connectivity index (χ2n) is 5.36. The van der Waals surface area contributed by atoms with Gasteiger partial charge < -0.3 is 9.47 Å². The van der Waals surface area contributed by atoms with Crippen LogP contribution in [0.4, 0.5) is 0 Å². The monoisotopic (exact) mass is 342 g/mol. The van der Waals surface area contributed by atoms with Gasteiger partial charge in [-0.2, -0.15) is 9.97 Å². The molecule has 0 radical (unpaired) electrons. The minimum absolute atomic E-state index is 0.322. The van der Waals surface area contributed by atoms with Gasteiger partial charge in [-0.05, 0) is 12.1 Å². The molecule has 0 aromatic carbocycles. The molecule has 0 N–H and O–H groups in total. The molecule has 26 heavy (non-hydrogen) atoms. The molecule has 8 nitrogen and oxygen atoms in total. The summed E-state index contributed by atoms with van der Waals surface area (Å²) in [4.78, 5) is 26.1. The Bertz CT molecular complexity index is 942. The van der Waals surface area contributed by atoms with Crippen molar-refractivity contribution in [2.45, 2.75) is 0 Å². The Labute approximate surface area is 147 Å². The van der Waals surface area contributed by atoms with Crippen molar-refractivity contribution in [1.29, 1.82) is 0 Å². The van der Waals surface area contributed by atoms with Crippen molar-refractivity contribution in [2.75, 3.05) is 0 Å². The number of hydrogen-bond donors (Lipinski definition) is 0. The Hall–Kier alpha value is -3.94. The van der Waals surface area contributed by atoms with Crippen molar-refractivity contribution in [2.24, 2.45) is 0 Å². The first-order valence-corrected chi connectivity index (χ1v) is 7.80. The van der Waals surface area contributed by atoms with Crippen molar-refractivity contribution >= 4 is 0 Å². The minimum atomic E-state index is 0.322. The Kier molecular flexibility index (Phi) is 3.24. The molecule has 124 valence electrons. The van der Waals surface area contributed by atoms with E-state index in [0.29, 0.717) is 46.6 Å². The lowest BCUT2D eigenvalue weighted by Crippen LogP contribution is -2.00. The summed E-state index contributed by atoms with van der Waals surface area (Å²) < 4.78 is 11.5. The van der Waals surface area contributed by atoms with Gasteiger partial charge in [0.25, 0.3) is 0 Å². The Morgan fingerprint density at radius 1 is 0.500 bits per heavy atom. The van der Waals surface area contributed by atoms with Crippen molar-refractivity contribution < 1.29 is 9.47 Å². The molecule has 5 heterocycles. The lowest BCUT2D eigenvalue weighted by molar-refractivity contribution is 0.439. The van der Waals surface area contributed by atoms with Crippen LogP contribution in [0.3, 0.4) is 0 Å². The maximum Gasteiger partial charge on any atom is 0.224 e. The van der Waals surface area contributed by atoms with E-state index < -0.39 is 0 Å². The zero-order chi connectivity index (χ0) is 17.3. The lowest BCUT2D eigenvalue weighted by atomic mass is 10.2. The second kappa shape index (κ2) is 5.85. The molecule has 0 spiro atoms. The normalized spacial score (nSPS) is 11.7. The van der Waals surface area contributed by atoms with Crippen LogP contribution in [0.2, 0.25) is 0 Å². The summed E-state index contributed by atoms with van der Waals surface area (Å²) in [6.45, 7) is 0. The highest BCUT2D eigenvalue weighted by atomic mass is 16.5. The fourth-order valence-electron chi connectivity index (χ4n) is 2.46. The molecule has 0 saturated heterocycles. The third-order valence-corrected chi connectivity index (χ3v) is 3.59. The van der Waals surface area contributed by atoms with Gasteiger partial charge in [0.2, 0.25) is 35.2 Å². The van der Waals surface area contributed by atoms with Crippen molar-refractivity contribution in [3.63, 3.8) is 0 Å². The smallest absolute Gasteiger partial charge is 0.224 e. The van der Waals surface area contributed by atoms with E-state index in [0.717, 1.165) is 0 Å². The quantitative estimate of drug-likeness (QED) is 0.423. The standard InChI is InChI=1S/C18H10N6O2/c1-3-11-12-4-2-6-14(22-12)26-16-8-10-20-18(24-16)17-19-9-7-15(23-17)25-13(5-1)21-11/h1-10H. The van der Waals surface area contributed by atoms with Gasteiger partial charge in [-0.15, -0.1) is 0 Å². The van der Waals surface area contributed by atoms with Crippen LogP contribution in [0.15, 0.2) is 60.9 Å². The molecule has 4 aromatic heterocycles. The largest absolute Gasteiger partial charge is 0.421 e. The van der Waals surface area contributed by atoms with Gasteiger partial charge in [-0.3, -0.25) is 0 Å². The predicted octanol–water partition coefficient (Wildman–Crippen LogP) is 3.29. The van der Waals surface area contributed by atoms with E-state index >= 15 is 0 Å². The molecule has 0 fully saturated rings. The van der Waals surface area contributed by atoms with E-state index in [1.807, 2.05) is 24.3 Å². The van der Waals surface area contributed by atoms with E-state index in [1.54, 1.807) is 36.7 Å². The third kappa shape index (κ3) is 2.69. The maximum absolute atomic E-state index is 5.77. The average Bonchev–Trinajstić information content (AvgIpc) is 2.68. The molecule has 0 aliphatic carbocycles. The van der Waals surface area contributed by atoms with Crippen LogP contribution in [0.25, 0.3) is 23.0 Å². The molecule has 1 aliphatic heterocycles. The van der Waals surface area contributed by atoms with Gasteiger partial charge >= 0.3 is 0 Å². The molecular formula is C18H10N6O2. The number of nitrogens with zero attached hydrogens (tertiary/aromatic N) is 6.